The average Bonchev–Trinajstić information content (AvgIpc) is 3.73. The van der Waals surface area contributed by atoms with Crippen molar-refractivity contribution >= 4 is 40.4 Å². The predicted molar refractivity (Wildman–Crippen MR) is 159 cm³/mol. The van der Waals surface area contributed by atoms with Gasteiger partial charge in [-0.2, -0.15) is 0 Å². The van der Waals surface area contributed by atoms with Crippen LogP contribution >= 0.6 is 22.9 Å². The monoisotopic (exact) mass is 640 g/mol. The maximum Gasteiger partial charge on any atom is 0.231 e. The van der Waals surface area contributed by atoms with E-state index in [2.05, 4.69) is 10.3 Å². The summed E-state index contributed by atoms with van der Waals surface area (Å²) in [5, 5.41) is 17.6. The van der Waals surface area contributed by atoms with Crippen LogP contribution in [-0.4, -0.2) is 54.2 Å². The molecule has 44 heavy (non-hydrogen) atoms. The highest BCUT2D eigenvalue weighted by molar-refractivity contribution is 7.09. The number of aromatic nitrogens is 1. The van der Waals surface area contributed by atoms with E-state index in [0.29, 0.717) is 22.8 Å². The number of thiazole rings is 1. The molecule has 1 unspecified atom stereocenters. The van der Waals surface area contributed by atoms with Crippen LogP contribution in [-0.2, 0) is 16.1 Å². The number of carbonyl (C=O) groups is 3. The van der Waals surface area contributed by atoms with Gasteiger partial charge in [0.2, 0.25) is 24.1 Å². The van der Waals surface area contributed by atoms with E-state index in [0.717, 1.165) is 5.01 Å². The molecule has 3 aromatic rings. The summed E-state index contributed by atoms with van der Waals surface area (Å²) in [4.78, 5) is 45.8. The van der Waals surface area contributed by atoms with Gasteiger partial charge < -0.3 is 34.1 Å². The number of halogens is 1. The van der Waals surface area contributed by atoms with Gasteiger partial charge in [-0.15, -0.1) is 11.3 Å². The van der Waals surface area contributed by atoms with Crippen LogP contribution < -0.4 is 29.0 Å². The van der Waals surface area contributed by atoms with Crippen molar-refractivity contribution in [2.24, 2.45) is 5.92 Å². The predicted octanol–water partition coefficient (Wildman–Crippen LogP) is 5.08. The minimum atomic E-state index is -1.99. The first-order chi connectivity index (χ1) is 21.1. The van der Waals surface area contributed by atoms with Crippen LogP contribution in [0.1, 0.15) is 52.3 Å². The lowest BCUT2D eigenvalue weighted by molar-refractivity contribution is -0.122. The maximum atomic E-state index is 14.2. The van der Waals surface area contributed by atoms with Crippen LogP contribution in [0.4, 0.5) is 0 Å². The normalized spacial score (nSPS) is 20.9. The number of fused-ring (bicyclic) bond motifs is 2. The zero-order valence-electron chi connectivity index (χ0n) is 24.3. The number of Topliss-reactive ketones (excluding diaryl/α,β-unsaturated/α-hetero) is 2. The molecule has 0 bridgehead atoms. The van der Waals surface area contributed by atoms with E-state index in [9.17, 15) is 19.5 Å². The number of benzene rings is 2. The topological polar surface area (TPSA) is 143 Å². The second-order valence-electron chi connectivity index (χ2n) is 10.8. The van der Waals surface area contributed by atoms with Gasteiger partial charge >= 0.3 is 0 Å². The van der Waals surface area contributed by atoms with E-state index in [1.54, 1.807) is 25.1 Å². The van der Waals surface area contributed by atoms with Crippen molar-refractivity contribution in [3.8, 4) is 28.7 Å². The van der Waals surface area contributed by atoms with Crippen molar-refractivity contribution in [1.29, 1.82) is 0 Å². The number of nitrogens with one attached hydrogen (secondary N) is 1. The van der Waals surface area contributed by atoms with Gasteiger partial charge in [-0.05, 0) is 24.6 Å². The molecule has 3 aliphatic rings. The molecule has 3 atom stereocenters. The number of ketones is 2. The zero-order valence-corrected chi connectivity index (χ0v) is 25.9. The van der Waals surface area contributed by atoms with E-state index >= 15 is 0 Å². The summed E-state index contributed by atoms with van der Waals surface area (Å²) in [5.74, 6) is -2.49. The third-order valence-electron chi connectivity index (χ3n) is 8.18. The summed E-state index contributed by atoms with van der Waals surface area (Å²) >= 11 is 8.04. The first kappa shape index (κ1) is 29.8. The number of methoxy groups -OCH3 is 2. The Kier molecular flexibility index (Phi) is 7.66. The van der Waals surface area contributed by atoms with E-state index < -0.39 is 40.7 Å². The first-order valence-corrected chi connectivity index (χ1v) is 15.1. The fourth-order valence-electron chi connectivity index (χ4n) is 5.99. The highest BCUT2D eigenvalue weighted by Gasteiger charge is 2.61. The number of aliphatic hydroxyl groups is 1. The number of aryl methyl sites for hydroxylation is 1. The Morgan fingerprint density at radius 2 is 1.95 bits per heavy atom. The number of carbonyl (C=O) groups excluding carboxylic acids is 3. The molecule has 2 aromatic carbocycles. The van der Waals surface area contributed by atoms with Crippen LogP contribution in [0.25, 0.3) is 0 Å². The molecule has 0 fully saturated rings. The molecule has 11 nitrogen and oxygen atoms in total. The standard InChI is InChI=1S/C31H29ClN2O9S/c1-14-7-19(35)25(29(37)31(14)30(38)26-22(39-3)10-23(40-4)27(32)28(26)43-31)18(16-5-6-20-21(8-16)42-13-41-20)9-24(36)33-11-17-12-44-15(2)34-17/h5-6,8,10,12,14,18,37H,7,9,11,13H2,1-4H3,(H,33,36)/t14-,18?,31+/m1/s1. The van der Waals surface area contributed by atoms with Crippen LogP contribution in [0.3, 0.4) is 0 Å². The largest absolute Gasteiger partial charge is 0.507 e. The minimum Gasteiger partial charge on any atom is -0.507 e. The van der Waals surface area contributed by atoms with Crippen molar-refractivity contribution in [3.05, 3.63) is 67.8 Å². The smallest absolute Gasteiger partial charge is 0.231 e. The van der Waals surface area contributed by atoms with Gasteiger partial charge in [0.15, 0.2) is 28.8 Å². The summed E-state index contributed by atoms with van der Waals surface area (Å²) in [6.07, 6.45) is -0.367. The van der Waals surface area contributed by atoms with Crippen LogP contribution in [0, 0.1) is 12.8 Å². The Bertz CT molecular complexity index is 1730. The highest BCUT2D eigenvalue weighted by atomic mass is 35.5. The minimum absolute atomic E-state index is 0.0177. The first-order valence-electron chi connectivity index (χ1n) is 13.8. The SMILES string of the molecule is COc1cc(OC)c2c(c1Cl)O[C@]1(C2=O)C(O)=C(C(CC(=O)NCc2csc(C)n2)c2ccc3c(c2)OCO3)C(=O)C[C@H]1C. The maximum absolute atomic E-state index is 14.2. The van der Waals surface area contributed by atoms with E-state index in [4.69, 9.17) is 35.3 Å². The Balaban J connectivity index is 1.45. The number of rotatable bonds is 8. The third-order valence-corrected chi connectivity index (χ3v) is 9.36. The van der Waals surface area contributed by atoms with Gasteiger partial charge in [0.1, 0.15) is 22.1 Å². The molecule has 6 rings (SSSR count). The molecule has 1 spiro atoms. The van der Waals surface area contributed by atoms with Gasteiger partial charge in [0.25, 0.3) is 0 Å². The van der Waals surface area contributed by atoms with E-state index in [1.165, 1.54) is 31.6 Å². The average molecular weight is 641 g/mol. The van der Waals surface area contributed by atoms with Crippen LogP contribution in [0.15, 0.2) is 41.0 Å². The third kappa shape index (κ3) is 4.72. The van der Waals surface area contributed by atoms with Crippen LogP contribution in [0.2, 0.25) is 5.02 Å². The van der Waals surface area contributed by atoms with Crippen molar-refractivity contribution in [3.63, 3.8) is 0 Å². The molecule has 230 valence electrons. The number of aliphatic hydroxyl groups excluding tert-OH is 1. The van der Waals surface area contributed by atoms with Crippen molar-refractivity contribution in [1.82, 2.24) is 10.3 Å². The van der Waals surface area contributed by atoms with Gasteiger partial charge in [0, 0.05) is 41.7 Å². The van der Waals surface area contributed by atoms with Crippen molar-refractivity contribution in [2.45, 2.75) is 44.8 Å². The molecule has 0 radical (unpaired) electrons. The number of amides is 1. The Morgan fingerprint density at radius 3 is 2.66 bits per heavy atom. The number of nitrogens with zero attached hydrogens (tertiary/aromatic N) is 1. The number of allylic oxidation sites excluding steroid dienone is 1. The number of ether oxygens (including phenoxy) is 5. The van der Waals surface area contributed by atoms with Gasteiger partial charge in [-0.3, -0.25) is 14.4 Å². The zero-order chi connectivity index (χ0) is 31.3. The molecular formula is C31H29ClN2O9S. The summed E-state index contributed by atoms with van der Waals surface area (Å²) in [6.45, 7) is 3.73. The molecule has 3 heterocycles. The van der Waals surface area contributed by atoms with Crippen molar-refractivity contribution < 1.29 is 43.2 Å². The van der Waals surface area contributed by atoms with Gasteiger partial charge in [-0.25, -0.2) is 4.98 Å². The lowest BCUT2D eigenvalue weighted by Gasteiger charge is -2.38. The lowest BCUT2D eigenvalue weighted by Crippen LogP contribution is -2.53. The molecule has 2 N–H and O–H groups in total. The number of hydrogen-bond acceptors (Lipinski definition) is 11. The quantitative estimate of drug-likeness (QED) is 0.342. The Morgan fingerprint density at radius 1 is 1.20 bits per heavy atom. The molecule has 1 aromatic heterocycles. The molecule has 0 saturated heterocycles. The van der Waals surface area contributed by atoms with Gasteiger partial charge in [0.05, 0.1) is 31.5 Å². The van der Waals surface area contributed by atoms with E-state index in [-0.39, 0.29) is 59.6 Å². The Labute approximate surface area is 261 Å². The number of hydrogen-bond donors (Lipinski definition) is 2. The van der Waals surface area contributed by atoms with Crippen molar-refractivity contribution in [2.75, 3.05) is 21.0 Å². The molecule has 1 amide bonds. The fourth-order valence-corrected chi connectivity index (χ4v) is 6.87. The summed E-state index contributed by atoms with van der Waals surface area (Å²) in [6, 6.07) is 6.50. The lowest BCUT2D eigenvalue weighted by atomic mass is 9.69. The van der Waals surface area contributed by atoms with Gasteiger partial charge in [-0.1, -0.05) is 24.6 Å². The summed E-state index contributed by atoms with van der Waals surface area (Å²) in [5.41, 5.74) is -0.856. The summed E-state index contributed by atoms with van der Waals surface area (Å²) in [7, 11) is 2.80. The molecule has 13 heteroatoms. The molecule has 2 aliphatic heterocycles. The van der Waals surface area contributed by atoms with Crippen LogP contribution in [0.5, 0.6) is 28.7 Å². The molecule has 0 saturated carbocycles. The molecule has 1 aliphatic carbocycles. The van der Waals surface area contributed by atoms with E-state index in [1.807, 2.05) is 12.3 Å². The fraction of sp³-hybridized carbons (Fsp3) is 0.355. The summed E-state index contributed by atoms with van der Waals surface area (Å²) < 4.78 is 28.1. The second kappa shape index (κ2) is 11.3. The second-order valence-corrected chi connectivity index (χ2v) is 12.2. The Hall–Kier alpha value is -4.29. The molecular weight excluding hydrogens is 612 g/mol. The highest BCUT2D eigenvalue weighted by Crippen LogP contribution is 2.56.